The van der Waals surface area contributed by atoms with Crippen LogP contribution in [0.4, 0.5) is 4.79 Å². The smallest absolute Gasteiger partial charge is 0.320 e. The Kier molecular flexibility index (Phi) is 6.78. The molecule has 0 radical (unpaired) electrons. The summed E-state index contributed by atoms with van der Waals surface area (Å²) in [5, 5.41) is 8.99. The molecule has 1 aliphatic heterocycles. The molecule has 1 saturated heterocycles. The number of aliphatic carboxylic acids is 1. The molecule has 1 heterocycles. The van der Waals surface area contributed by atoms with Gasteiger partial charge in [-0.05, 0) is 13.3 Å². The second kappa shape index (κ2) is 8.09. The van der Waals surface area contributed by atoms with Gasteiger partial charge < -0.3 is 14.9 Å². The first-order valence-corrected chi connectivity index (χ1v) is 7.44. The molecule has 2 amide bonds. The van der Waals surface area contributed by atoms with Gasteiger partial charge in [0.05, 0.1) is 0 Å². The summed E-state index contributed by atoms with van der Waals surface area (Å²) in [5.41, 5.74) is 0. The maximum Gasteiger partial charge on any atom is 0.320 e. The van der Waals surface area contributed by atoms with Crippen LogP contribution in [0.1, 0.15) is 33.1 Å². The number of carboxylic acid groups (broad SMARTS) is 1. The van der Waals surface area contributed by atoms with Crippen molar-refractivity contribution >= 4 is 12.0 Å². The fourth-order valence-electron chi connectivity index (χ4n) is 2.39. The maximum absolute atomic E-state index is 12.2. The zero-order chi connectivity index (χ0) is 15.1. The van der Waals surface area contributed by atoms with Gasteiger partial charge in [-0.25, -0.2) is 4.79 Å². The Labute approximate surface area is 121 Å². The molecule has 6 heteroatoms. The first-order valence-electron chi connectivity index (χ1n) is 7.44. The van der Waals surface area contributed by atoms with Crippen LogP contribution in [-0.2, 0) is 4.79 Å². The van der Waals surface area contributed by atoms with Crippen LogP contribution in [0.3, 0.4) is 0 Å². The van der Waals surface area contributed by atoms with Crippen molar-refractivity contribution in [2.24, 2.45) is 0 Å². The second-order valence-electron chi connectivity index (χ2n) is 5.45. The van der Waals surface area contributed by atoms with Gasteiger partial charge in [-0.3, -0.25) is 9.69 Å². The number of hydrogen-bond donors (Lipinski definition) is 1. The summed E-state index contributed by atoms with van der Waals surface area (Å²) in [4.78, 5) is 28.7. The third-order valence-corrected chi connectivity index (χ3v) is 3.91. The standard InChI is InChI=1S/C14H27N3O3/c1-4-5-6-7-15(3)14(20)17-10-8-16(9-11-17)12(2)13(18)19/h12H,4-11H2,1-3H3,(H,18,19). The summed E-state index contributed by atoms with van der Waals surface area (Å²) >= 11 is 0. The third kappa shape index (κ3) is 4.67. The topological polar surface area (TPSA) is 64.1 Å². The van der Waals surface area contributed by atoms with E-state index in [2.05, 4.69) is 6.92 Å². The first kappa shape index (κ1) is 16.8. The van der Waals surface area contributed by atoms with Gasteiger partial charge in [-0.2, -0.15) is 0 Å². The summed E-state index contributed by atoms with van der Waals surface area (Å²) < 4.78 is 0. The van der Waals surface area contributed by atoms with E-state index in [4.69, 9.17) is 5.11 Å². The van der Waals surface area contributed by atoms with Gasteiger partial charge in [0.25, 0.3) is 0 Å². The minimum atomic E-state index is -0.804. The Morgan fingerprint density at radius 2 is 1.80 bits per heavy atom. The van der Waals surface area contributed by atoms with Gasteiger partial charge in [-0.1, -0.05) is 19.8 Å². The average Bonchev–Trinajstić information content (AvgIpc) is 2.46. The van der Waals surface area contributed by atoms with Gasteiger partial charge in [0.2, 0.25) is 0 Å². The number of piperazine rings is 1. The number of amides is 2. The van der Waals surface area contributed by atoms with Gasteiger partial charge in [0, 0.05) is 39.8 Å². The van der Waals surface area contributed by atoms with Crippen molar-refractivity contribution in [3.8, 4) is 0 Å². The Hall–Kier alpha value is -1.30. The van der Waals surface area contributed by atoms with E-state index in [-0.39, 0.29) is 6.03 Å². The highest BCUT2D eigenvalue weighted by Gasteiger charge is 2.28. The monoisotopic (exact) mass is 285 g/mol. The number of carbonyl (C=O) groups is 2. The van der Waals surface area contributed by atoms with Crippen LogP contribution in [0.15, 0.2) is 0 Å². The predicted octanol–water partition coefficient (Wildman–Crippen LogP) is 1.32. The highest BCUT2D eigenvalue weighted by Crippen LogP contribution is 2.09. The lowest BCUT2D eigenvalue weighted by Gasteiger charge is -2.38. The molecule has 0 saturated carbocycles. The lowest BCUT2D eigenvalue weighted by atomic mass is 10.2. The quantitative estimate of drug-likeness (QED) is 0.748. The molecule has 6 nitrogen and oxygen atoms in total. The van der Waals surface area contributed by atoms with E-state index in [0.717, 1.165) is 25.8 Å². The molecule has 1 fully saturated rings. The second-order valence-corrected chi connectivity index (χ2v) is 5.45. The molecule has 0 spiro atoms. The predicted molar refractivity (Wildman–Crippen MR) is 77.8 cm³/mol. The Balaban J connectivity index is 2.36. The number of hydrogen-bond acceptors (Lipinski definition) is 3. The fourth-order valence-corrected chi connectivity index (χ4v) is 2.39. The molecule has 0 aliphatic carbocycles. The van der Waals surface area contributed by atoms with Crippen LogP contribution in [-0.4, -0.2) is 77.6 Å². The SMILES string of the molecule is CCCCCN(C)C(=O)N1CCN(C(C)C(=O)O)CC1. The fraction of sp³-hybridized carbons (Fsp3) is 0.857. The lowest BCUT2D eigenvalue weighted by Crippen LogP contribution is -2.55. The van der Waals surface area contributed by atoms with Crippen LogP contribution in [0.2, 0.25) is 0 Å². The van der Waals surface area contributed by atoms with E-state index in [1.165, 1.54) is 0 Å². The summed E-state index contributed by atoms with van der Waals surface area (Å²) in [6.45, 7) is 7.09. The summed E-state index contributed by atoms with van der Waals surface area (Å²) in [6.07, 6.45) is 3.32. The van der Waals surface area contributed by atoms with E-state index < -0.39 is 12.0 Å². The summed E-state index contributed by atoms with van der Waals surface area (Å²) in [6, 6.07) is -0.418. The van der Waals surface area contributed by atoms with E-state index in [1.54, 1.807) is 11.8 Å². The molecule has 1 unspecified atom stereocenters. The zero-order valence-electron chi connectivity index (χ0n) is 12.8. The number of rotatable bonds is 6. The van der Waals surface area contributed by atoms with E-state index in [0.29, 0.717) is 26.2 Å². The maximum atomic E-state index is 12.2. The van der Waals surface area contributed by atoms with Crippen molar-refractivity contribution < 1.29 is 14.7 Å². The molecule has 20 heavy (non-hydrogen) atoms. The molecule has 1 aliphatic rings. The Morgan fingerprint density at radius 3 is 2.30 bits per heavy atom. The first-order chi connectivity index (χ1) is 9.47. The Morgan fingerprint density at radius 1 is 1.20 bits per heavy atom. The van der Waals surface area contributed by atoms with Gasteiger partial charge in [0.15, 0.2) is 0 Å². The van der Waals surface area contributed by atoms with Crippen molar-refractivity contribution in [2.75, 3.05) is 39.8 Å². The van der Waals surface area contributed by atoms with E-state index in [1.807, 2.05) is 16.8 Å². The van der Waals surface area contributed by atoms with E-state index in [9.17, 15) is 9.59 Å². The number of carboxylic acids is 1. The summed E-state index contributed by atoms with van der Waals surface area (Å²) in [5.74, 6) is -0.804. The summed E-state index contributed by atoms with van der Waals surface area (Å²) in [7, 11) is 1.84. The number of unbranched alkanes of at least 4 members (excludes halogenated alkanes) is 2. The van der Waals surface area contributed by atoms with Crippen molar-refractivity contribution in [1.29, 1.82) is 0 Å². The molecule has 1 atom stereocenters. The van der Waals surface area contributed by atoms with Crippen molar-refractivity contribution in [3.63, 3.8) is 0 Å². The minimum absolute atomic E-state index is 0.0590. The molecular formula is C14H27N3O3. The molecular weight excluding hydrogens is 258 g/mol. The Bertz CT molecular complexity index is 328. The van der Waals surface area contributed by atoms with Crippen LogP contribution in [0.25, 0.3) is 0 Å². The van der Waals surface area contributed by atoms with Gasteiger partial charge in [0.1, 0.15) is 6.04 Å². The molecule has 0 aromatic heterocycles. The molecule has 1 rings (SSSR count). The normalized spacial score (nSPS) is 17.9. The van der Waals surface area contributed by atoms with Crippen molar-refractivity contribution in [1.82, 2.24) is 14.7 Å². The largest absolute Gasteiger partial charge is 0.480 e. The van der Waals surface area contributed by atoms with Crippen LogP contribution >= 0.6 is 0 Å². The van der Waals surface area contributed by atoms with Crippen LogP contribution in [0.5, 0.6) is 0 Å². The van der Waals surface area contributed by atoms with Gasteiger partial charge in [-0.15, -0.1) is 0 Å². The minimum Gasteiger partial charge on any atom is -0.480 e. The highest BCUT2D eigenvalue weighted by molar-refractivity contribution is 5.75. The average molecular weight is 285 g/mol. The lowest BCUT2D eigenvalue weighted by molar-refractivity contribution is -0.143. The third-order valence-electron chi connectivity index (χ3n) is 3.91. The highest BCUT2D eigenvalue weighted by atomic mass is 16.4. The van der Waals surface area contributed by atoms with Crippen molar-refractivity contribution in [2.45, 2.75) is 39.2 Å². The van der Waals surface area contributed by atoms with Crippen molar-refractivity contribution in [3.05, 3.63) is 0 Å². The molecule has 0 bridgehead atoms. The van der Waals surface area contributed by atoms with E-state index >= 15 is 0 Å². The molecule has 0 aromatic carbocycles. The van der Waals surface area contributed by atoms with Gasteiger partial charge >= 0.3 is 12.0 Å². The molecule has 0 aromatic rings. The van der Waals surface area contributed by atoms with Crippen LogP contribution < -0.4 is 0 Å². The molecule has 116 valence electrons. The zero-order valence-corrected chi connectivity index (χ0v) is 12.8. The number of urea groups is 1. The molecule has 1 N–H and O–H groups in total. The number of nitrogens with zero attached hydrogens (tertiary/aromatic N) is 3. The van der Waals surface area contributed by atoms with Crippen LogP contribution in [0, 0.1) is 0 Å². The number of carbonyl (C=O) groups excluding carboxylic acids is 1.